The SMILES string of the molecule is COc1ccc(OC)c(C(C)NC(=O)NCc2ccccc2OC(F)(F)F)c1.Cl. The molecule has 0 spiro atoms. The van der Waals surface area contributed by atoms with Crippen molar-refractivity contribution in [3.63, 3.8) is 0 Å². The van der Waals surface area contributed by atoms with E-state index in [-0.39, 0.29) is 30.3 Å². The first-order valence-corrected chi connectivity index (χ1v) is 8.33. The smallest absolute Gasteiger partial charge is 0.497 e. The van der Waals surface area contributed by atoms with E-state index in [4.69, 9.17) is 9.47 Å². The second-order valence-corrected chi connectivity index (χ2v) is 5.81. The fourth-order valence-corrected chi connectivity index (χ4v) is 2.55. The summed E-state index contributed by atoms with van der Waals surface area (Å²) in [6.07, 6.45) is -4.81. The van der Waals surface area contributed by atoms with Crippen molar-refractivity contribution in [2.24, 2.45) is 0 Å². The summed E-state index contributed by atoms with van der Waals surface area (Å²) in [6.45, 7) is 1.61. The molecule has 0 heterocycles. The third-order valence-electron chi connectivity index (χ3n) is 3.89. The molecule has 6 nitrogen and oxygen atoms in total. The Morgan fingerprint density at radius 3 is 2.38 bits per heavy atom. The van der Waals surface area contributed by atoms with Gasteiger partial charge in [0, 0.05) is 17.7 Å². The lowest BCUT2D eigenvalue weighted by atomic mass is 10.1. The van der Waals surface area contributed by atoms with Gasteiger partial charge in [-0.05, 0) is 31.2 Å². The highest BCUT2D eigenvalue weighted by molar-refractivity contribution is 5.85. The predicted molar refractivity (Wildman–Crippen MR) is 104 cm³/mol. The third-order valence-corrected chi connectivity index (χ3v) is 3.89. The number of ether oxygens (including phenoxy) is 3. The zero-order valence-electron chi connectivity index (χ0n) is 16.0. The first kappa shape index (κ1) is 24.2. The largest absolute Gasteiger partial charge is 0.573 e. The number of halogens is 4. The molecule has 2 N–H and O–H groups in total. The molecule has 0 aliphatic heterocycles. The van der Waals surface area contributed by atoms with Crippen LogP contribution in [0.2, 0.25) is 0 Å². The number of benzene rings is 2. The zero-order valence-corrected chi connectivity index (χ0v) is 16.8. The molecule has 0 aliphatic rings. The highest BCUT2D eigenvalue weighted by Crippen LogP contribution is 2.29. The number of hydrogen-bond donors (Lipinski definition) is 2. The fourth-order valence-electron chi connectivity index (χ4n) is 2.55. The van der Waals surface area contributed by atoms with Gasteiger partial charge in [-0.1, -0.05) is 18.2 Å². The van der Waals surface area contributed by atoms with Gasteiger partial charge < -0.3 is 24.8 Å². The lowest BCUT2D eigenvalue weighted by Crippen LogP contribution is -2.36. The number of urea groups is 1. The fraction of sp³-hybridized carbons (Fsp3) is 0.316. The molecule has 2 aromatic carbocycles. The minimum absolute atomic E-state index is 0. The molecule has 0 fully saturated rings. The number of hydrogen-bond acceptors (Lipinski definition) is 4. The van der Waals surface area contributed by atoms with E-state index in [9.17, 15) is 18.0 Å². The van der Waals surface area contributed by atoms with Crippen LogP contribution in [-0.2, 0) is 6.54 Å². The van der Waals surface area contributed by atoms with Gasteiger partial charge in [-0.3, -0.25) is 0 Å². The molecule has 2 amide bonds. The molecular weight excluding hydrogens is 413 g/mol. The molecule has 0 aliphatic carbocycles. The van der Waals surface area contributed by atoms with E-state index < -0.39 is 18.4 Å². The second-order valence-electron chi connectivity index (χ2n) is 5.81. The first-order valence-electron chi connectivity index (χ1n) is 8.33. The van der Waals surface area contributed by atoms with Crippen molar-refractivity contribution in [3.05, 3.63) is 53.6 Å². The Hall–Kier alpha value is -2.81. The van der Waals surface area contributed by atoms with Crippen molar-refractivity contribution >= 4 is 18.4 Å². The third kappa shape index (κ3) is 7.26. The standard InChI is InChI=1S/C19H21F3N2O4.ClH/c1-12(15-10-14(26-2)8-9-17(15)27-3)24-18(25)23-11-13-6-4-5-7-16(13)28-19(20,21)22;/h4-10,12H,11H2,1-3H3,(H2,23,24,25);1H. The lowest BCUT2D eigenvalue weighted by Gasteiger charge is -2.19. The maximum atomic E-state index is 12.5. The number of carbonyl (C=O) groups is 1. The molecule has 2 aromatic rings. The van der Waals surface area contributed by atoms with Gasteiger partial charge >= 0.3 is 12.4 Å². The topological polar surface area (TPSA) is 68.8 Å². The van der Waals surface area contributed by atoms with Gasteiger partial charge in [-0.2, -0.15) is 0 Å². The summed E-state index contributed by atoms with van der Waals surface area (Å²) in [6, 6.07) is 9.79. The first-order chi connectivity index (χ1) is 13.2. The molecule has 1 unspecified atom stereocenters. The van der Waals surface area contributed by atoms with Crippen LogP contribution in [0.4, 0.5) is 18.0 Å². The van der Waals surface area contributed by atoms with Crippen LogP contribution in [0, 0.1) is 0 Å². The molecule has 0 radical (unpaired) electrons. The van der Waals surface area contributed by atoms with Crippen LogP contribution in [-0.4, -0.2) is 26.6 Å². The summed E-state index contributed by atoms with van der Waals surface area (Å²) in [5.41, 5.74) is 0.888. The Labute approximate surface area is 172 Å². The highest BCUT2D eigenvalue weighted by atomic mass is 35.5. The van der Waals surface area contributed by atoms with Gasteiger partial charge in [0.1, 0.15) is 17.2 Å². The number of rotatable bonds is 7. The Kier molecular flexibility index (Phi) is 8.90. The van der Waals surface area contributed by atoms with Crippen LogP contribution in [0.3, 0.4) is 0 Å². The van der Waals surface area contributed by atoms with Gasteiger partial charge in [0.15, 0.2) is 0 Å². The molecule has 0 aromatic heterocycles. The number of carbonyl (C=O) groups excluding carboxylic acids is 1. The van der Waals surface area contributed by atoms with Crippen LogP contribution < -0.4 is 24.8 Å². The van der Waals surface area contributed by atoms with Crippen LogP contribution in [0.1, 0.15) is 24.1 Å². The summed E-state index contributed by atoms with van der Waals surface area (Å²) in [4.78, 5) is 12.2. The van der Waals surface area contributed by atoms with Crippen LogP contribution in [0.5, 0.6) is 17.2 Å². The van der Waals surface area contributed by atoms with Crippen LogP contribution in [0.15, 0.2) is 42.5 Å². The summed E-state index contributed by atoms with van der Waals surface area (Å²) >= 11 is 0. The van der Waals surface area contributed by atoms with Gasteiger partial charge in [-0.15, -0.1) is 25.6 Å². The predicted octanol–water partition coefficient (Wildman–Crippen LogP) is 4.58. The Morgan fingerprint density at radius 2 is 1.76 bits per heavy atom. The van der Waals surface area contributed by atoms with Gasteiger partial charge in [0.05, 0.1) is 20.3 Å². The van der Waals surface area contributed by atoms with E-state index in [1.807, 2.05) is 0 Å². The molecule has 0 saturated heterocycles. The normalized spacial score (nSPS) is 11.7. The van der Waals surface area contributed by atoms with Crippen molar-refractivity contribution < 1.29 is 32.2 Å². The molecule has 160 valence electrons. The van der Waals surface area contributed by atoms with Gasteiger partial charge in [-0.25, -0.2) is 4.79 Å². The van der Waals surface area contributed by atoms with E-state index in [0.717, 1.165) is 0 Å². The van der Waals surface area contributed by atoms with E-state index in [1.54, 1.807) is 31.2 Å². The maximum Gasteiger partial charge on any atom is 0.573 e. The van der Waals surface area contributed by atoms with Gasteiger partial charge in [0.25, 0.3) is 0 Å². The molecule has 2 rings (SSSR count). The molecular formula is C19H22ClF3N2O4. The van der Waals surface area contributed by atoms with E-state index in [1.165, 1.54) is 32.4 Å². The minimum atomic E-state index is -4.81. The highest BCUT2D eigenvalue weighted by Gasteiger charge is 2.32. The van der Waals surface area contributed by atoms with Gasteiger partial charge in [0.2, 0.25) is 0 Å². The molecule has 1 atom stereocenters. The number of methoxy groups -OCH3 is 2. The zero-order chi connectivity index (χ0) is 20.7. The Balaban J connectivity index is 0.00000420. The second kappa shape index (κ2) is 10.7. The van der Waals surface area contributed by atoms with Crippen LogP contribution >= 0.6 is 12.4 Å². The Morgan fingerprint density at radius 1 is 1.07 bits per heavy atom. The van der Waals surface area contributed by atoms with Crippen molar-refractivity contribution in [1.29, 1.82) is 0 Å². The van der Waals surface area contributed by atoms with E-state index >= 15 is 0 Å². The monoisotopic (exact) mass is 434 g/mol. The van der Waals surface area contributed by atoms with Crippen LogP contribution in [0.25, 0.3) is 0 Å². The van der Waals surface area contributed by atoms with Crippen molar-refractivity contribution in [3.8, 4) is 17.2 Å². The number of nitrogens with one attached hydrogen (secondary N) is 2. The summed E-state index contributed by atoms with van der Waals surface area (Å²) in [7, 11) is 3.03. The molecule has 0 bridgehead atoms. The quantitative estimate of drug-likeness (QED) is 0.669. The van der Waals surface area contributed by atoms with Crippen molar-refractivity contribution in [1.82, 2.24) is 10.6 Å². The van der Waals surface area contributed by atoms with E-state index in [0.29, 0.717) is 17.1 Å². The summed E-state index contributed by atoms with van der Waals surface area (Å²) in [5, 5.41) is 5.23. The maximum absolute atomic E-state index is 12.5. The summed E-state index contributed by atoms with van der Waals surface area (Å²) in [5.74, 6) is 0.804. The minimum Gasteiger partial charge on any atom is -0.497 e. The number of para-hydroxylation sites is 1. The van der Waals surface area contributed by atoms with E-state index in [2.05, 4.69) is 15.4 Å². The van der Waals surface area contributed by atoms with Crippen molar-refractivity contribution in [2.75, 3.05) is 14.2 Å². The average Bonchev–Trinajstić information content (AvgIpc) is 2.65. The molecule has 0 saturated carbocycles. The van der Waals surface area contributed by atoms with Crippen molar-refractivity contribution in [2.45, 2.75) is 25.9 Å². The Bertz CT molecular complexity index is 818. The molecule has 10 heteroatoms. The molecule has 29 heavy (non-hydrogen) atoms. The number of amides is 2. The lowest BCUT2D eigenvalue weighted by molar-refractivity contribution is -0.274. The summed E-state index contributed by atoms with van der Waals surface area (Å²) < 4.78 is 51.8. The number of alkyl halides is 3. The average molecular weight is 435 g/mol.